The van der Waals surface area contributed by atoms with Gasteiger partial charge in [0, 0.05) is 18.1 Å². The van der Waals surface area contributed by atoms with Crippen molar-refractivity contribution < 1.29 is 24.0 Å². The van der Waals surface area contributed by atoms with Crippen LogP contribution in [0.4, 0.5) is 10.5 Å². The zero-order valence-electron chi connectivity index (χ0n) is 16.0. The van der Waals surface area contributed by atoms with E-state index in [1.165, 1.54) is 12.1 Å². The van der Waals surface area contributed by atoms with Crippen LogP contribution < -0.4 is 16.2 Å². The molecule has 0 heterocycles. The third-order valence-corrected chi connectivity index (χ3v) is 6.08. The fraction of sp³-hybridized carbons (Fsp3) is 0.333. The van der Waals surface area contributed by atoms with E-state index in [-0.39, 0.29) is 29.2 Å². The predicted octanol–water partition coefficient (Wildman–Crippen LogP) is 2.87. The Morgan fingerprint density at radius 1 is 1.03 bits per heavy atom. The lowest BCUT2D eigenvalue weighted by molar-refractivity contribution is -0.384. The standard InChI is InChI=1S/C21H21N3O6/c22-19(25)15-3-1-2-4-16(15)29-14-9-21(10-14)11-17(30-20(23)26)18(21)12-5-7-13(8-6-12)24(27)28/h1-8,14,17-18H,9-11H2,(H2,22,25)(H2,23,26). The van der Waals surface area contributed by atoms with Crippen LogP contribution in [0.15, 0.2) is 48.5 Å². The summed E-state index contributed by atoms with van der Waals surface area (Å²) >= 11 is 0. The Bertz CT molecular complexity index is 1000. The molecule has 2 aliphatic carbocycles. The van der Waals surface area contributed by atoms with Crippen molar-refractivity contribution in [3.05, 3.63) is 69.8 Å². The number of hydrogen-bond donors (Lipinski definition) is 2. The van der Waals surface area contributed by atoms with Crippen molar-refractivity contribution in [2.24, 2.45) is 16.9 Å². The monoisotopic (exact) mass is 411 g/mol. The molecule has 4 rings (SSSR count). The summed E-state index contributed by atoms with van der Waals surface area (Å²) < 4.78 is 11.3. The van der Waals surface area contributed by atoms with E-state index in [4.69, 9.17) is 20.9 Å². The van der Waals surface area contributed by atoms with Gasteiger partial charge in [0.1, 0.15) is 11.9 Å². The molecule has 0 bridgehead atoms. The maximum absolute atomic E-state index is 11.6. The average molecular weight is 411 g/mol. The highest BCUT2D eigenvalue weighted by Crippen LogP contribution is 2.65. The van der Waals surface area contributed by atoms with Gasteiger partial charge in [-0.2, -0.15) is 0 Å². The fourth-order valence-electron chi connectivity index (χ4n) is 4.81. The van der Waals surface area contributed by atoms with Crippen molar-refractivity contribution in [3.8, 4) is 5.75 Å². The summed E-state index contributed by atoms with van der Waals surface area (Å²) in [5.74, 6) is -0.236. The summed E-state index contributed by atoms with van der Waals surface area (Å²) in [4.78, 5) is 33.4. The molecule has 9 heteroatoms. The minimum absolute atomic E-state index is 0.00243. The first-order chi connectivity index (χ1) is 14.3. The molecule has 2 saturated carbocycles. The van der Waals surface area contributed by atoms with Gasteiger partial charge < -0.3 is 20.9 Å². The van der Waals surface area contributed by atoms with Gasteiger partial charge in [-0.15, -0.1) is 0 Å². The predicted molar refractivity (Wildman–Crippen MR) is 106 cm³/mol. The molecule has 0 aliphatic heterocycles. The number of rotatable bonds is 6. The third kappa shape index (κ3) is 3.42. The SMILES string of the molecule is NC(=O)OC1CC2(CC(Oc3ccccc3C(N)=O)C2)C1c1ccc([N+](=O)[O-])cc1. The molecule has 2 amide bonds. The number of carbonyl (C=O) groups excluding carboxylic acids is 2. The summed E-state index contributed by atoms with van der Waals surface area (Å²) in [5, 5.41) is 10.9. The average Bonchev–Trinajstić information content (AvgIpc) is 2.65. The molecule has 30 heavy (non-hydrogen) atoms. The molecule has 2 unspecified atom stereocenters. The van der Waals surface area contributed by atoms with Crippen LogP contribution in [0, 0.1) is 15.5 Å². The number of nitrogens with two attached hydrogens (primary N) is 2. The first kappa shape index (κ1) is 19.7. The van der Waals surface area contributed by atoms with Gasteiger partial charge >= 0.3 is 6.09 Å². The van der Waals surface area contributed by atoms with Gasteiger partial charge in [0.15, 0.2) is 0 Å². The van der Waals surface area contributed by atoms with Gasteiger partial charge in [0.05, 0.1) is 16.6 Å². The van der Waals surface area contributed by atoms with Crippen LogP contribution >= 0.6 is 0 Å². The molecule has 0 radical (unpaired) electrons. The molecule has 1 spiro atoms. The number of hydrogen-bond acceptors (Lipinski definition) is 6. The molecular formula is C21H21N3O6. The largest absolute Gasteiger partial charge is 0.490 e. The zero-order valence-corrected chi connectivity index (χ0v) is 16.0. The van der Waals surface area contributed by atoms with Crippen LogP contribution in [0.2, 0.25) is 0 Å². The minimum atomic E-state index is -0.843. The van der Waals surface area contributed by atoms with E-state index in [0.29, 0.717) is 30.6 Å². The number of nitro benzene ring substituents is 1. The Kier molecular flexibility index (Phi) is 4.81. The Morgan fingerprint density at radius 2 is 1.70 bits per heavy atom. The third-order valence-electron chi connectivity index (χ3n) is 6.08. The van der Waals surface area contributed by atoms with E-state index in [0.717, 1.165) is 5.56 Å². The highest BCUT2D eigenvalue weighted by atomic mass is 16.6. The van der Waals surface area contributed by atoms with Crippen LogP contribution in [-0.2, 0) is 4.74 Å². The first-order valence-electron chi connectivity index (χ1n) is 9.55. The summed E-state index contributed by atoms with van der Waals surface area (Å²) in [6.07, 6.45) is 0.683. The zero-order chi connectivity index (χ0) is 21.5. The maximum atomic E-state index is 11.6. The van der Waals surface area contributed by atoms with Gasteiger partial charge in [0.2, 0.25) is 0 Å². The minimum Gasteiger partial charge on any atom is -0.490 e. The normalized spacial score (nSPS) is 26.9. The highest BCUT2D eigenvalue weighted by Gasteiger charge is 2.63. The molecule has 0 saturated heterocycles. The number of ether oxygens (including phenoxy) is 2. The van der Waals surface area contributed by atoms with E-state index in [2.05, 4.69) is 0 Å². The summed E-state index contributed by atoms with van der Waals surface area (Å²) in [7, 11) is 0. The Balaban J connectivity index is 1.50. The summed E-state index contributed by atoms with van der Waals surface area (Å²) in [6, 6.07) is 13.1. The number of nitrogens with zero attached hydrogens (tertiary/aromatic N) is 1. The number of para-hydroxylation sites is 1. The molecule has 2 aromatic rings. The van der Waals surface area contributed by atoms with Crippen molar-refractivity contribution in [1.82, 2.24) is 0 Å². The van der Waals surface area contributed by atoms with Gasteiger partial charge in [0.25, 0.3) is 11.6 Å². The summed E-state index contributed by atoms with van der Waals surface area (Å²) in [6.45, 7) is 0. The van der Waals surface area contributed by atoms with E-state index in [1.807, 2.05) is 0 Å². The van der Waals surface area contributed by atoms with Crippen LogP contribution in [0.5, 0.6) is 5.75 Å². The molecule has 9 nitrogen and oxygen atoms in total. The number of benzene rings is 2. The highest BCUT2D eigenvalue weighted by molar-refractivity contribution is 5.95. The van der Waals surface area contributed by atoms with Crippen LogP contribution in [0.25, 0.3) is 0 Å². The Morgan fingerprint density at radius 3 is 2.30 bits per heavy atom. The van der Waals surface area contributed by atoms with Crippen LogP contribution in [0.1, 0.15) is 41.1 Å². The van der Waals surface area contributed by atoms with Gasteiger partial charge in [-0.1, -0.05) is 24.3 Å². The van der Waals surface area contributed by atoms with Gasteiger partial charge in [-0.05, 0) is 42.4 Å². The van der Waals surface area contributed by atoms with Crippen molar-refractivity contribution in [2.75, 3.05) is 0 Å². The number of carbonyl (C=O) groups is 2. The smallest absolute Gasteiger partial charge is 0.404 e. The van der Waals surface area contributed by atoms with Crippen molar-refractivity contribution in [1.29, 1.82) is 0 Å². The van der Waals surface area contributed by atoms with E-state index in [9.17, 15) is 19.7 Å². The van der Waals surface area contributed by atoms with Gasteiger partial charge in [-0.25, -0.2) is 4.79 Å². The van der Waals surface area contributed by atoms with E-state index < -0.39 is 16.9 Å². The lowest BCUT2D eigenvalue weighted by Crippen LogP contribution is -2.61. The van der Waals surface area contributed by atoms with Crippen LogP contribution in [0.3, 0.4) is 0 Å². The molecular weight excluding hydrogens is 390 g/mol. The second-order valence-corrected chi connectivity index (χ2v) is 7.88. The lowest BCUT2D eigenvalue weighted by Gasteiger charge is -2.62. The first-order valence-corrected chi connectivity index (χ1v) is 9.55. The number of nitro groups is 1. The lowest BCUT2D eigenvalue weighted by atomic mass is 9.46. The summed E-state index contributed by atoms with van der Waals surface area (Å²) in [5.41, 5.74) is 11.7. The molecule has 2 aromatic carbocycles. The molecule has 4 N–H and O–H groups in total. The van der Waals surface area contributed by atoms with Crippen LogP contribution in [-0.4, -0.2) is 29.1 Å². The molecule has 0 aromatic heterocycles. The molecule has 2 atom stereocenters. The van der Waals surface area contributed by atoms with Crippen molar-refractivity contribution in [3.63, 3.8) is 0 Å². The second kappa shape index (κ2) is 7.33. The second-order valence-electron chi connectivity index (χ2n) is 7.88. The fourth-order valence-corrected chi connectivity index (χ4v) is 4.81. The number of non-ortho nitro benzene ring substituents is 1. The van der Waals surface area contributed by atoms with E-state index in [1.54, 1.807) is 36.4 Å². The molecule has 156 valence electrons. The molecule has 2 fully saturated rings. The number of primary amides is 2. The number of amides is 2. The maximum Gasteiger partial charge on any atom is 0.404 e. The van der Waals surface area contributed by atoms with Gasteiger partial charge in [-0.3, -0.25) is 14.9 Å². The Labute approximate surface area is 172 Å². The molecule has 2 aliphatic rings. The van der Waals surface area contributed by atoms with Crippen molar-refractivity contribution >= 4 is 17.7 Å². The van der Waals surface area contributed by atoms with E-state index >= 15 is 0 Å². The Hall–Kier alpha value is -3.62. The van der Waals surface area contributed by atoms with Crippen molar-refractivity contribution in [2.45, 2.75) is 37.4 Å². The topological polar surface area (TPSA) is 148 Å². The quantitative estimate of drug-likeness (QED) is 0.551.